The first kappa shape index (κ1) is 54.9. The van der Waals surface area contributed by atoms with E-state index in [1.165, 1.54) is 33.4 Å². The molecule has 7 aromatic rings. The fourth-order valence-corrected chi connectivity index (χ4v) is 10.2. The zero-order valence-corrected chi connectivity index (χ0v) is 49.6. The molecule has 0 aliphatic carbocycles. The summed E-state index contributed by atoms with van der Waals surface area (Å²) < 4.78 is 0. The van der Waals surface area contributed by atoms with Crippen molar-refractivity contribution in [1.82, 2.24) is 19.9 Å². The first-order valence-corrected chi connectivity index (χ1v) is 27.6. The Kier molecular flexibility index (Phi) is 14.0. The van der Waals surface area contributed by atoms with Crippen molar-refractivity contribution in [2.75, 3.05) is 0 Å². The predicted molar refractivity (Wildman–Crippen MR) is 336 cm³/mol. The molecular weight excluding hydrogens is 945 g/mol. The van der Waals surface area contributed by atoms with Gasteiger partial charge < -0.3 is 9.97 Å². The lowest BCUT2D eigenvalue weighted by Crippen LogP contribution is -2.16. The van der Waals surface area contributed by atoms with E-state index < -0.39 is 0 Å². The number of aromatic amines is 2. The van der Waals surface area contributed by atoms with Crippen molar-refractivity contribution in [2.45, 2.75) is 157 Å². The van der Waals surface area contributed by atoms with Crippen LogP contribution in [0.25, 0.3) is 90.9 Å². The molecule has 4 nitrogen and oxygen atoms in total. The molecular formula is C74H78N4. The average molecular weight is 1020 g/mol. The molecule has 2 aliphatic heterocycles. The van der Waals surface area contributed by atoms with Crippen molar-refractivity contribution >= 4 is 46.4 Å². The van der Waals surface area contributed by atoms with Crippen molar-refractivity contribution in [2.24, 2.45) is 0 Å². The van der Waals surface area contributed by atoms with Crippen LogP contribution < -0.4 is 0 Å². The summed E-state index contributed by atoms with van der Waals surface area (Å²) in [5.74, 6) is 13.8. The molecule has 0 unspecified atom stereocenters. The van der Waals surface area contributed by atoms with Gasteiger partial charge in [-0.25, -0.2) is 9.97 Å². The molecule has 5 heterocycles. The van der Waals surface area contributed by atoms with Gasteiger partial charge in [0.2, 0.25) is 0 Å². The monoisotopic (exact) mass is 1020 g/mol. The Morgan fingerprint density at radius 1 is 0.321 bits per heavy atom. The van der Waals surface area contributed by atoms with Crippen molar-refractivity contribution in [3.05, 3.63) is 165 Å². The summed E-state index contributed by atoms with van der Waals surface area (Å²) in [6, 6.07) is 38.7. The highest BCUT2D eigenvalue weighted by Crippen LogP contribution is 2.44. The SMILES string of the molecule is C#CC#CC#Cc1ccc(-c2c3nc(c(-c4cc(C(C)(C)C)cc(C(C)(C)C)c4)c4ccc([nH]4)c(-c4cc(C(C)(C)C)cc(C(C)(C)C)c4)c4nc(c(-c5cc(C(C)(C)C)cc(C(C)(C)C)c5)c5ccc2[nH]5)C=C4)C=C3)cc1. The molecule has 0 amide bonds. The molecule has 0 atom stereocenters. The third kappa shape index (κ3) is 11.4. The number of rotatable bonds is 4. The molecule has 78 heavy (non-hydrogen) atoms. The summed E-state index contributed by atoms with van der Waals surface area (Å²) in [5, 5.41) is 0. The predicted octanol–water partition coefficient (Wildman–Crippen LogP) is 19.1. The molecule has 2 N–H and O–H groups in total. The molecule has 2 aliphatic rings. The van der Waals surface area contributed by atoms with E-state index in [0.29, 0.717) is 0 Å². The van der Waals surface area contributed by atoms with Crippen LogP contribution in [0.5, 0.6) is 0 Å². The minimum Gasteiger partial charge on any atom is -0.354 e. The lowest BCUT2D eigenvalue weighted by molar-refractivity contribution is 0.568. The molecule has 0 saturated carbocycles. The number of aromatic nitrogens is 4. The largest absolute Gasteiger partial charge is 0.354 e. The number of nitrogens with one attached hydrogen (secondary N) is 2. The number of hydrogen-bond acceptors (Lipinski definition) is 2. The van der Waals surface area contributed by atoms with Gasteiger partial charge in [-0.15, -0.1) is 6.42 Å². The number of benzene rings is 4. The number of H-pyrrole nitrogens is 2. The standard InChI is InChI=1S/C74H78N4/c1-20-21-22-23-24-46-25-27-47(28-26-46)65-57-29-31-59(75-57)66(48-37-51(69(2,3)4)43-52(38-48)70(5,6)7)61-33-35-63(77-61)68(50-41-55(73(14,15)16)45-56(42-50)74(17,18)19)64-36-34-62(78-64)67(60-32-30-58(65)76-60)49-39-53(71(8,9)10)44-54(40-49)72(11,12)13/h1,25-45,75,78H,2-19H3. The van der Waals surface area contributed by atoms with Crippen LogP contribution in [0.2, 0.25) is 0 Å². The minimum atomic E-state index is -0.111. The summed E-state index contributed by atoms with van der Waals surface area (Å²) >= 11 is 0. The van der Waals surface area contributed by atoms with Gasteiger partial charge in [-0.3, -0.25) is 0 Å². The maximum atomic E-state index is 5.81. The first-order chi connectivity index (χ1) is 36.4. The maximum Gasteiger partial charge on any atom is 0.0737 e. The van der Waals surface area contributed by atoms with E-state index in [1.54, 1.807) is 0 Å². The zero-order chi connectivity index (χ0) is 56.5. The second kappa shape index (κ2) is 19.9. The van der Waals surface area contributed by atoms with Crippen molar-refractivity contribution in [3.63, 3.8) is 0 Å². The summed E-state index contributed by atoms with van der Waals surface area (Å²) in [6.07, 6.45) is 14.2. The van der Waals surface area contributed by atoms with Gasteiger partial charge in [0, 0.05) is 49.9 Å². The Bertz CT molecular complexity index is 3780. The van der Waals surface area contributed by atoms with Crippen LogP contribution in [-0.2, 0) is 32.5 Å². The van der Waals surface area contributed by atoms with Crippen molar-refractivity contribution in [1.29, 1.82) is 0 Å². The fraction of sp³-hybridized carbons (Fsp3) is 0.324. The molecule has 4 aromatic carbocycles. The molecule has 0 radical (unpaired) electrons. The van der Waals surface area contributed by atoms with E-state index in [-0.39, 0.29) is 32.5 Å². The van der Waals surface area contributed by atoms with Crippen LogP contribution in [-0.4, -0.2) is 19.9 Å². The van der Waals surface area contributed by atoms with Gasteiger partial charge in [-0.05, 0) is 173 Å². The highest BCUT2D eigenvalue weighted by molar-refractivity contribution is 6.00. The Morgan fingerprint density at radius 2 is 0.590 bits per heavy atom. The molecule has 3 aromatic heterocycles. The number of hydrogen-bond donors (Lipinski definition) is 2. The number of fused-ring (bicyclic) bond motifs is 8. The lowest BCUT2D eigenvalue weighted by atomic mass is 9.78. The quantitative estimate of drug-likeness (QED) is 0.173. The van der Waals surface area contributed by atoms with Gasteiger partial charge in [0.25, 0.3) is 0 Å². The van der Waals surface area contributed by atoms with E-state index in [1.807, 2.05) is 12.1 Å². The lowest BCUT2D eigenvalue weighted by Gasteiger charge is -2.26. The van der Waals surface area contributed by atoms with Crippen LogP contribution >= 0.6 is 0 Å². The Hall–Kier alpha value is -7.84. The fourth-order valence-electron chi connectivity index (χ4n) is 10.2. The Labute approximate surface area is 466 Å². The van der Waals surface area contributed by atoms with Gasteiger partial charge in [-0.1, -0.05) is 197 Å². The first-order valence-electron chi connectivity index (χ1n) is 27.6. The summed E-state index contributed by atoms with van der Waals surface area (Å²) in [5.41, 5.74) is 23.6. The van der Waals surface area contributed by atoms with Crippen molar-refractivity contribution in [3.8, 4) is 80.5 Å². The van der Waals surface area contributed by atoms with Gasteiger partial charge in [0.1, 0.15) is 0 Å². The van der Waals surface area contributed by atoms with E-state index in [2.05, 4.69) is 279 Å². The maximum absolute atomic E-state index is 5.81. The van der Waals surface area contributed by atoms with E-state index in [0.717, 1.165) is 94.9 Å². The molecule has 4 heteroatoms. The van der Waals surface area contributed by atoms with E-state index in [4.69, 9.17) is 16.4 Å². The molecule has 394 valence electrons. The third-order valence-electron chi connectivity index (χ3n) is 15.2. The van der Waals surface area contributed by atoms with Crippen LogP contribution in [0, 0.1) is 36.0 Å². The van der Waals surface area contributed by atoms with Gasteiger partial charge >= 0.3 is 0 Å². The van der Waals surface area contributed by atoms with Crippen LogP contribution in [0.1, 0.15) is 186 Å². The summed E-state index contributed by atoms with van der Waals surface area (Å²) in [4.78, 5) is 19.6. The van der Waals surface area contributed by atoms with Gasteiger partial charge in [0.15, 0.2) is 0 Å². The zero-order valence-electron chi connectivity index (χ0n) is 49.6. The number of terminal acetylenes is 1. The average Bonchev–Trinajstić information content (AvgIpc) is 4.27. The topological polar surface area (TPSA) is 57.4 Å². The molecule has 0 saturated heterocycles. The molecule has 9 rings (SSSR count). The molecule has 0 fully saturated rings. The summed E-state index contributed by atoms with van der Waals surface area (Å²) in [7, 11) is 0. The highest BCUT2D eigenvalue weighted by Gasteiger charge is 2.28. The second-order valence-corrected chi connectivity index (χ2v) is 27.6. The Morgan fingerprint density at radius 3 is 0.846 bits per heavy atom. The van der Waals surface area contributed by atoms with Crippen LogP contribution in [0.15, 0.2) is 103 Å². The third-order valence-corrected chi connectivity index (χ3v) is 15.2. The number of nitrogens with zero attached hydrogens (tertiary/aromatic N) is 2. The summed E-state index contributed by atoms with van der Waals surface area (Å²) in [6.45, 7) is 41.5. The minimum absolute atomic E-state index is 0.107. The smallest absolute Gasteiger partial charge is 0.0737 e. The van der Waals surface area contributed by atoms with Crippen LogP contribution in [0.4, 0.5) is 0 Å². The molecule has 0 spiro atoms. The second-order valence-electron chi connectivity index (χ2n) is 27.6. The van der Waals surface area contributed by atoms with Gasteiger partial charge in [0.05, 0.1) is 22.8 Å². The van der Waals surface area contributed by atoms with Gasteiger partial charge in [-0.2, -0.15) is 0 Å². The van der Waals surface area contributed by atoms with Crippen LogP contribution in [0.3, 0.4) is 0 Å². The Balaban J connectivity index is 1.51. The van der Waals surface area contributed by atoms with E-state index >= 15 is 0 Å². The van der Waals surface area contributed by atoms with Crippen molar-refractivity contribution < 1.29 is 0 Å². The highest BCUT2D eigenvalue weighted by atomic mass is 14.8. The van der Waals surface area contributed by atoms with E-state index in [9.17, 15) is 0 Å². The normalized spacial score (nSPS) is 12.9. The molecule has 8 bridgehead atoms.